The van der Waals surface area contributed by atoms with Gasteiger partial charge in [-0.2, -0.15) is 0 Å². The summed E-state index contributed by atoms with van der Waals surface area (Å²) >= 11 is 0. The zero-order chi connectivity index (χ0) is 19.3. The number of aliphatic imine (C=N–C) groups is 1. The Morgan fingerprint density at radius 1 is 1.00 bits per heavy atom. The number of hydrogen-bond donors (Lipinski definition) is 2. The van der Waals surface area contributed by atoms with Crippen LogP contribution in [0.1, 0.15) is 37.0 Å². The Balaban J connectivity index is 1.99. The van der Waals surface area contributed by atoms with E-state index in [-0.39, 0.29) is 0 Å². The highest BCUT2D eigenvalue weighted by atomic mass is 16.5. The van der Waals surface area contributed by atoms with E-state index in [2.05, 4.69) is 59.8 Å². The number of hydrogen-bond acceptors (Lipinski definition) is 3. The molecule has 0 saturated heterocycles. The third kappa shape index (κ3) is 7.31. The van der Waals surface area contributed by atoms with Gasteiger partial charge in [0, 0.05) is 19.7 Å². The SMILES string of the molecule is CCCOCc1ccccc1CNC(=NCc1cccc(OC)c1)NCC. The standard InChI is InChI=1S/C22H31N3O2/c1-4-13-27-17-20-11-7-6-10-19(20)16-25-22(23-5-2)24-15-18-9-8-12-21(14-18)26-3/h6-12,14H,4-5,13,15-17H2,1-3H3,(H2,23,24,25). The first-order chi connectivity index (χ1) is 13.3. The summed E-state index contributed by atoms with van der Waals surface area (Å²) in [5, 5.41) is 6.72. The number of ether oxygens (including phenoxy) is 2. The molecule has 2 aromatic rings. The monoisotopic (exact) mass is 369 g/mol. The molecule has 5 heteroatoms. The van der Waals surface area contributed by atoms with Crippen molar-refractivity contribution in [2.45, 2.75) is 40.0 Å². The van der Waals surface area contributed by atoms with Gasteiger partial charge in [0.05, 0.1) is 20.3 Å². The summed E-state index contributed by atoms with van der Waals surface area (Å²) in [6.45, 7) is 7.72. The average molecular weight is 370 g/mol. The summed E-state index contributed by atoms with van der Waals surface area (Å²) in [7, 11) is 1.68. The van der Waals surface area contributed by atoms with E-state index in [1.165, 1.54) is 11.1 Å². The molecule has 0 aliphatic heterocycles. The second kappa shape index (κ2) is 12.0. The smallest absolute Gasteiger partial charge is 0.191 e. The van der Waals surface area contributed by atoms with E-state index in [1.54, 1.807) is 7.11 Å². The lowest BCUT2D eigenvalue weighted by atomic mass is 10.1. The average Bonchev–Trinajstić information content (AvgIpc) is 2.71. The van der Waals surface area contributed by atoms with Crippen LogP contribution in [0.4, 0.5) is 0 Å². The highest BCUT2D eigenvalue weighted by Crippen LogP contribution is 2.13. The first-order valence-corrected chi connectivity index (χ1v) is 9.56. The van der Waals surface area contributed by atoms with E-state index in [0.717, 1.165) is 36.8 Å². The van der Waals surface area contributed by atoms with Crippen LogP contribution in [0.5, 0.6) is 5.75 Å². The Morgan fingerprint density at radius 2 is 1.81 bits per heavy atom. The fourth-order valence-corrected chi connectivity index (χ4v) is 2.66. The molecule has 2 rings (SSSR count). The van der Waals surface area contributed by atoms with Gasteiger partial charge in [0.2, 0.25) is 0 Å². The van der Waals surface area contributed by atoms with Gasteiger partial charge in [0.15, 0.2) is 5.96 Å². The number of nitrogens with one attached hydrogen (secondary N) is 2. The second-order valence-corrected chi connectivity index (χ2v) is 6.22. The van der Waals surface area contributed by atoms with E-state index in [9.17, 15) is 0 Å². The maximum atomic E-state index is 5.71. The molecule has 27 heavy (non-hydrogen) atoms. The first-order valence-electron chi connectivity index (χ1n) is 9.56. The van der Waals surface area contributed by atoms with Crippen molar-refractivity contribution in [3.63, 3.8) is 0 Å². The van der Waals surface area contributed by atoms with Crippen molar-refractivity contribution in [3.8, 4) is 5.75 Å². The molecular weight excluding hydrogens is 338 g/mol. The summed E-state index contributed by atoms with van der Waals surface area (Å²) in [5.41, 5.74) is 3.54. The minimum absolute atomic E-state index is 0.591. The molecule has 2 N–H and O–H groups in total. The molecule has 0 aromatic heterocycles. The van der Waals surface area contributed by atoms with Gasteiger partial charge in [-0.05, 0) is 42.2 Å². The van der Waals surface area contributed by atoms with Crippen LogP contribution in [0.15, 0.2) is 53.5 Å². The van der Waals surface area contributed by atoms with Gasteiger partial charge in [-0.3, -0.25) is 0 Å². The Hall–Kier alpha value is -2.53. The molecule has 5 nitrogen and oxygen atoms in total. The van der Waals surface area contributed by atoms with Crippen molar-refractivity contribution in [3.05, 3.63) is 65.2 Å². The number of benzene rings is 2. The lowest BCUT2D eigenvalue weighted by molar-refractivity contribution is 0.121. The number of guanidine groups is 1. The molecule has 0 radical (unpaired) electrons. The van der Waals surface area contributed by atoms with Gasteiger partial charge in [0.1, 0.15) is 5.75 Å². The molecule has 0 aliphatic rings. The Kier molecular flexibility index (Phi) is 9.21. The molecule has 0 fully saturated rings. The van der Waals surface area contributed by atoms with Crippen LogP contribution in [0.25, 0.3) is 0 Å². The maximum absolute atomic E-state index is 5.71. The number of rotatable bonds is 10. The highest BCUT2D eigenvalue weighted by Gasteiger charge is 2.04. The van der Waals surface area contributed by atoms with Crippen LogP contribution in [0, 0.1) is 0 Å². The van der Waals surface area contributed by atoms with Crippen LogP contribution in [0.3, 0.4) is 0 Å². The summed E-state index contributed by atoms with van der Waals surface area (Å²) in [4.78, 5) is 4.69. The minimum atomic E-state index is 0.591. The highest BCUT2D eigenvalue weighted by molar-refractivity contribution is 5.79. The van der Waals surface area contributed by atoms with Crippen molar-refractivity contribution in [1.29, 1.82) is 0 Å². The summed E-state index contributed by atoms with van der Waals surface area (Å²) in [6.07, 6.45) is 1.03. The minimum Gasteiger partial charge on any atom is -0.497 e. The van der Waals surface area contributed by atoms with Gasteiger partial charge >= 0.3 is 0 Å². The van der Waals surface area contributed by atoms with E-state index >= 15 is 0 Å². The zero-order valence-corrected chi connectivity index (χ0v) is 16.6. The predicted molar refractivity (Wildman–Crippen MR) is 111 cm³/mol. The number of methoxy groups -OCH3 is 1. The van der Waals surface area contributed by atoms with Crippen LogP contribution in [-0.2, 0) is 24.4 Å². The quantitative estimate of drug-likeness (QED) is 0.379. The van der Waals surface area contributed by atoms with Crippen molar-refractivity contribution in [1.82, 2.24) is 10.6 Å². The van der Waals surface area contributed by atoms with Gasteiger partial charge in [-0.25, -0.2) is 4.99 Å². The van der Waals surface area contributed by atoms with Gasteiger partial charge in [-0.15, -0.1) is 0 Å². The molecule has 0 aliphatic carbocycles. The largest absolute Gasteiger partial charge is 0.497 e. The van der Waals surface area contributed by atoms with E-state index in [0.29, 0.717) is 19.7 Å². The number of nitrogens with zero attached hydrogens (tertiary/aromatic N) is 1. The Morgan fingerprint density at radius 3 is 2.56 bits per heavy atom. The Bertz CT molecular complexity index is 716. The normalized spacial score (nSPS) is 11.3. The summed E-state index contributed by atoms with van der Waals surface area (Å²) in [6, 6.07) is 16.3. The fraction of sp³-hybridized carbons (Fsp3) is 0.409. The molecule has 0 spiro atoms. The molecule has 0 heterocycles. The molecule has 146 valence electrons. The third-order valence-corrected chi connectivity index (χ3v) is 4.07. The molecule has 0 saturated carbocycles. The van der Waals surface area contributed by atoms with Crippen LogP contribution >= 0.6 is 0 Å². The molecule has 2 aromatic carbocycles. The fourth-order valence-electron chi connectivity index (χ4n) is 2.66. The molecule has 0 amide bonds. The van der Waals surface area contributed by atoms with Crippen LogP contribution in [-0.4, -0.2) is 26.2 Å². The van der Waals surface area contributed by atoms with E-state index in [4.69, 9.17) is 9.47 Å². The van der Waals surface area contributed by atoms with Crippen molar-refractivity contribution in [2.75, 3.05) is 20.3 Å². The maximum Gasteiger partial charge on any atom is 0.191 e. The van der Waals surface area contributed by atoms with Crippen molar-refractivity contribution >= 4 is 5.96 Å². The molecular formula is C22H31N3O2. The lowest BCUT2D eigenvalue weighted by Gasteiger charge is -2.14. The van der Waals surface area contributed by atoms with E-state index < -0.39 is 0 Å². The third-order valence-electron chi connectivity index (χ3n) is 4.07. The van der Waals surface area contributed by atoms with Gasteiger partial charge in [0.25, 0.3) is 0 Å². The van der Waals surface area contributed by atoms with Crippen molar-refractivity contribution in [2.24, 2.45) is 4.99 Å². The molecule has 0 bridgehead atoms. The van der Waals surface area contributed by atoms with Crippen LogP contribution < -0.4 is 15.4 Å². The first kappa shape index (κ1) is 20.8. The zero-order valence-electron chi connectivity index (χ0n) is 16.6. The van der Waals surface area contributed by atoms with E-state index in [1.807, 2.05) is 18.2 Å². The van der Waals surface area contributed by atoms with Crippen molar-refractivity contribution < 1.29 is 9.47 Å². The summed E-state index contributed by atoms with van der Waals surface area (Å²) < 4.78 is 11.0. The topological polar surface area (TPSA) is 54.9 Å². The predicted octanol–water partition coefficient (Wildman–Crippen LogP) is 3.88. The molecule has 0 atom stereocenters. The Labute approximate surface area is 162 Å². The second-order valence-electron chi connectivity index (χ2n) is 6.22. The molecule has 0 unspecified atom stereocenters. The van der Waals surface area contributed by atoms with Gasteiger partial charge < -0.3 is 20.1 Å². The van der Waals surface area contributed by atoms with Crippen LogP contribution in [0.2, 0.25) is 0 Å². The lowest BCUT2D eigenvalue weighted by Crippen LogP contribution is -2.37. The van der Waals surface area contributed by atoms with Gasteiger partial charge in [-0.1, -0.05) is 43.3 Å². The summed E-state index contributed by atoms with van der Waals surface area (Å²) in [5.74, 6) is 1.64.